The molecule has 0 atom stereocenters. The molecule has 2 nitrogen and oxygen atoms in total. The van der Waals surface area contributed by atoms with Gasteiger partial charge >= 0.3 is 0 Å². The van der Waals surface area contributed by atoms with Gasteiger partial charge in [0.1, 0.15) is 11.6 Å². The highest BCUT2D eigenvalue weighted by atomic mass is 19.1. The number of H-pyrrole nitrogens is 1. The Morgan fingerprint density at radius 2 is 2.18 bits per heavy atom. The molecule has 0 aliphatic heterocycles. The number of nitrogen functional groups attached to an aromatic ring is 1. The molecule has 0 bridgehead atoms. The third-order valence-electron chi connectivity index (χ3n) is 1.63. The Kier molecular flexibility index (Phi) is 1.12. The van der Waals surface area contributed by atoms with E-state index in [1.807, 2.05) is 0 Å². The average Bonchev–Trinajstić information content (AvgIpc) is 2.31. The second kappa shape index (κ2) is 1.99. The zero-order chi connectivity index (χ0) is 7.84. The molecule has 2 rings (SSSR count). The lowest BCUT2D eigenvalue weighted by Crippen LogP contribution is -1.80. The largest absolute Gasteiger partial charge is 0.385 e. The fourth-order valence-corrected chi connectivity index (χ4v) is 1.14. The van der Waals surface area contributed by atoms with Gasteiger partial charge in [0, 0.05) is 10.9 Å². The van der Waals surface area contributed by atoms with E-state index in [4.69, 9.17) is 5.73 Å². The molecule has 0 aliphatic rings. The highest BCUT2D eigenvalue weighted by Crippen LogP contribution is 2.18. The van der Waals surface area contributed by atoms with E-state index in [0.29, 0.717) is 11.2 Å². The first-order chi connectivity index (χ1) is 5.27. The van der Waals surface area contributed by atoms with Crippen molar-refractivity contribution in [1.29, 1.82) is 0 Å². The summed E-state index contributed by atoms with van der Waals surface area (Å²) in [6.07, 6.45) is 0. The minimum absolute atomic E-state index is 0.240. The maximum atomic E-state index is 12.9. The average molecular weight is 150 g/mol. The Morgan fingerprint density at radius 3 is 2.91 bits per heavy atom. The van der Waals surface area contributed by atoms with E-state index in [9.17, 15) is 4.39 Å². The summed E-state index contributed by atoms with van der Waals surface area (Å²) >= 11 is 0. The first-order valence-electron chi connectivity index (χ1n) is 3.30. The fourth-order valence-electron chi connectivity index (χ4n) is 1.14. The summed E-state index contributed by atoms with van der Waals surface area (Å²) in [4.78, 5) is 2.84. The van der Waals surface area contributed by atoms with Crippen LogP contribution < -0.4 is 5.73 Å². The van der Waals surface area contributed by atoms with Crippen LogP contribution in [-0.2, 0) is 0 Å². The molecule has 56 valence electrons. The summed E-state index contributed by atoms with van der Waals surface area (Å²) in [5.41, 5.74) is 6.18. The molecule has 11 heavy (non-hydrogen) atoms. The van der Waals surface area contributed by atoms with Crippen LogP contribution in [0.1, 0.15) is 0 Å². The predicted octanol–water partition coefficient (Wildman–Crippen LogP) is 1.89. The van der Waals surface area contributed by atoms with Crippen LogP contribution in [0.25, 0.3) is 10.9 Å². The maximum Gasteiger partial charge on any atom is 0.132 e. The summed E-state index contributed by atoms with van der Waals surface area (Å²) in [5.74, 6) is 0.251. The Hall–Kier alpha value is -1.51. The summed E-state index contributed by atoms with van der Waals surface area (Å²) in [7, 11) is 0. The molecule has 1 heterocycles. The van der Waals surface area contributed by atoms with Crippen LogP contribution >= 0.6 is 0 Å². The molecule has 0 saturated heterocycles. The van der Waals surface area contributed by atoms with Crippen molar-refractivity contribution in [3.63, 3.8) is 0 Å². The summed E-state index contributed by atoms with van der Waals surface area (Å²) in [5, 5.41) is 0.546. The predicted molar refractivity (Wildman–Crippen MR) is 42.7 cm³/mol. The van der Waals surface area contributed by atoms with Crippen molar-refractivity contribution in [3.05, 3.63) is 30.1 Å². The second-order valence-electron chi connectivity index (χ2n) is 2.43. The van der Waals surface area contributed by atoms with Crippen LogP contribution in [0.5, 0.6) is 0 Å². The number of nitrogens with one attached hydrogen (secondary N) is 1. The quantitative estimate of drug-likeness (QED) is 0.591. The van der Waals surface area contributed by atoms with Crippen molar-refractivity contribution in [3.8, 4) is 0 Å². The number of nitrogens with two attached hydrogens (primary N) is 1. The van der Waals surface area contributed by atoms with Gasteiger partial charge in [-0.05, 0) is 18.2 Å². The van der Waals surface area contributed by atoms with Gasteiger partial charge in [-0.15, -0.1) is 0 Å². The van der Waals surface area contributed by atoms with Gasteiger partial charge in [-0.1, -0.05) is 6.07 Å². The number of anilines is 1. The number of aromatic amines is 1. The van der Waals surface area contributed by atoms with Crippen molar-refractivity contribution in [2.75, 3.05) is 5.73 Å². The number of hydrogen-bond acceptors (Lipinski definition) is 1. The standard InChI is InChI=1S/C8H7FN2/c9-6-2-1-3-7-5(6)4-8(10)11-7/h1-4,11H,10H2. The van der Waals surface area contributed by atoms with E-state index in [-0.39, 0.29) is 5.82 Å². The van der Waals surface area contributed by atoms with Crippen molar-refractivity contribution < 1.29 is 4.39 Å². The zero-order valence-corrected chi connectivity index (χ0v) is 5.76. The van der Waals surface area contributed by atoms with E-state index in [1.165, 1.54) is 6.07 Å². The number of aromatic nitrogens is 1. The Labute approximate surface area is 62.8 Å². The Bertz CT molecular complexity index is 392. The molecular formula is C8H7FN2. The topological polar surface area (TPSA) is 41.8 Å². The monoisotopic (exact) mass is 150 g/mol. The van der Waals surface area contributed by atoms with E-state index in [0.717, 1.165) is 5.52 Å². The SMILES string of the molecule is Nc1cc2c(F)cccc2[nH]1. The number of hydrogen-bond donors (Lipinski definition) is 2. The van der Waals surface area contributed by atoms with Crippen molar-refractivity contribution >= 4 is 16.7 Å². The smallest absolute Gasteiger partial charge is 0.132 e. The highest BCUT2D eigenvalue weighted by molar-refractivity contribution is 5.83. The minimum atomic E-state index is -0.240. The van der Waals surface area contributed by atoms with Gasteiger partial charge in [-0.2, -0.15) is 0 Å². The van der Waals surface area contributed by atoms with E-state index in [1.54, 1.807) is 18.2 Å². The van der Waals surface area contributed by atoms with E-state index >= 15 is 0 Å². The Balaban J connectivity index is 2.90. The van der Waals surface area contributed by atoms with Crippen LogP contribution in [0.4, 0.5) is 10.2 Å². The molecule has 0 amide bonds. The molecule has 0 unspecified atom stereocenters. The van der Waals surface area contributed by atoms with Gasteiger partial charge in [0.25, 0.3) is 0 Å². The number of benzene rings is 1. The lowest BCUT2D eigenvalue weighted by molar-refractivity contribution is 0.640. The summed E-state index contributed by atoms with van der Waals surface area (Å²) in [6.45, 7) is 0. The van der Waals surface area contributed by atoms with Gasteiger partial charge in [-0.25, -0.2) is 4.39 Å². The second-order valence-corrected chi connectivity index (χ2v) is 2.43. The highest BCUT2D eigenvalue weighted by Gasteiger charge is 2.01. The molecule has 0 aliphatic carbocycles. The lowest BCUT2D eigenvalue weighted by Gasteiger charge is -1.88. The summed E-state index contributed by atoms with van der Waals surface area (Å²) in [6, 6.07) is 6.43. The Morgan fingerprint density at radius 1 is 1.36 bits per heavy atom. The number of fused-ring (bicyclic) bond motifs is 1. The molecule has 0 spiro atoms. The normalized spacial score (nSPS) is 10.6. The van der Waals surface area contributed by atoms with Gasteiger partial charge in [0.2, 0.25) is 0 Å². The van der Waals surface area contributed by atoms with Gasteiger partial charge in [0.05, 0.1) is 0 Å². The molecule has 3 N–H and O–H groups in total. The third-order valence-corrected chi connectivity index (χ3v) is 1.63. The minimum Gasteiger partial charge on any atom is -0.385 e. The zero-order valence-electron chi connectivity index (χ0n) is 5.76. The van der Waals surface area contributed by atoms with Crippen LogP contribution in [0.2, 0.25) is 0 Å². The molecule has 2 aromatic rings. The molecule has 0 fully saturated rings. The molecule has 0 radical (unpaired) electrons. The van der Waals surface area contributed by atoms with Gasteiger partial charge in [-0.3, -0.25) is 0 Å². The van der Waals surface area contributed by atoms with E-state index < -0.39 is 0 Å². The number of rotatable bonds is 0. The summed E-state index contributed by atoms with van der Waals surface area (Å²) < 4.78 is 12.9. The van der Waals surface area contributed by atoms with Gasteiger partial charge in [0.15, 0.2) is 0 Å². The molecule has 1 aromatic heterocycles. The van der Waals surface area contributed by atoms with Crippen LogP contribution in [0.3, 0.4) is 0 Å². The van der Waals surface area contributed by atoms with Crippen molar-refractivity contribution in [2.24, 2.45) is 0 Å². The van der Waals surface area contributed by atoms with Gasteiger partial charge < -0.3 is 10.7 Å². The maximum absolute atomic E-state index is 12.9. The first kappa shape index (κ1) is 6.22. The molecular weight excluding hydrogens is 143 g/mol. The van der Waals surface area contributed by atoms with Crippen molar-refractivity contribution in [1.82, 2.24) is 4.98 Å². The third kappa shape index (κ3) is 0.852. The number of halogens is 1. The van der Waals surface area contributed by atoms with Crippen LogP contribution in [-0.4, -0.2) is 4.98 Å². The fraction of sp³-hybridized carbons (Fsp3) is 0. The lowest BCUT2D eigenvalue weighted by atomic mass is 10.2. The van der Waals surface area contributed by atoms with Crippen LogP contribution in [0.15, 0.2) is 24.3 Å². The molecule has 3 heteroatoms. The molecule has 1 aromatic carbocycles. The first-order valence-corrected chi connectivity index (χ1v) is 3.30. The van der Waals surface area contributed by atoms with E-state index in [2.05, 4.69) is 4.98 Å². The van der Waals surface area contributed by atoms with Crippen molar-refractivity contribution in [2.45, 2.75) is 0 Å². The molecule has 0 saturated carbocycles. The van der Waals surface area contributed by atoms with Crippen LogP contribution in [0, 0.1) is 5.82 Å².